The minimum Gasteiger partial charge on any atom is -0.284 e. The van der Waals surface area contributed by atoms with E-state index in [1.54, 1.807) is 22.5 Å². The number of hydrogen-bond donors (Lipinski definition) is 0. The second-order valence-electron chi connectivity index (χ2n) is 5.45. The first-order valence-electron chi connectivity index (χ1n) is 7.94. The Labute approximate surface area is 150 Å². The van der Waals surface area contributed by atoms with Crippen molar-refractivity contribution in [2.45, 2.75) is 31.6 Å². The lowest BCUT2D eigenvalue weighted by Crippen LogP contribution is -2.31. The SMILES string of the molecule is CCCC1S/C(=N/N=C/c2cccs2)N(Cc2ccccc2)C1=O. The van der Waals surface area contributed by atoms with Crippen LogP contribution in [0.25, 0.3) is 0 Å². The first-order chi connectivity index (χ1) is 11.8. The summed E-state index contributed by atoms with van der Waals surface area (Å²) in [4.78, 5) is 15.5. The Kier molecular flexibility index (Phi) is 5.82. The van der Waals surface area contributed by atoms with E-state index >= 15 is 0 Å². The van der Waals surface area contributed by atoms with Gasteiger partial charge in [0, 0.05) is 4.88 Å². The van der Waals surface area contributed by atoms with Gasteiger partial charge in [0.25, 0.3) is 0 Å². The molecule has 1 saturated heterocycles. The Morgan fingerprint density at radius 1 is 1.21 bits per heavy atom. The minimum absolute atomic E-state index is 0.0469. The van der Waals surface area contributed by atoms with Crippen molar-refractivity contribution in [2.75, 3.05) is 0 Å². The van der Waals surface area contributed by atoms with Gasteiger partial charge in [-0.1, -0.05) is 61.5 Å². The zero-order valence-electron chi connectivity index (χ0n) is 13.5. The van der Waals surface area contributed by atoms with Crippen molar-refractivity contribution in [1.29, 1.82) is 0 Å². The van der Waals surface area contributed by atoms with E-state index in [2.05, 4.69) is 17.1 Å². The maximum atomic E-state index is 12.7. The van der Waals surface area contributed by atoms with E-state index in [9.17, 15) is 4.79 Å². The van der Waals surface area contributed by atoms with E-state index < -0.39 is 0 Å². The standard InChI is InChI=1S/C18H19N3OS2/c1-2-7-16-17(22)21(13-14-8-4-3-5-9-14)18(24-16)20-19-12-15-10-6-11-23-15/h3-6,8-12,16H,2,7,13H2,1H3/b19-12+,20-18+. The van der Waals surface area contributed by atoms with Crippen LogP contribution in [0, 0.1) is 0 Å². The van der Waals surface area contributed by atoms with Crippen LogP contribution in [0.1, 0.15) is 30.2 Å². The van der Waals surface area contributed by atoms with Crippen molar-refractivity contribution < 1.29 is 4.79 Å². The molecule has 1 aliphatic rings. The Morgan fingerprint density at radius 2 is 2.04 bits per heavy atom. The number of carbonyl (C=O) groups is 1. The normalized spacial score (nSPS) is 19.7. The number of nitrogens with zero attached hydrogens (tertiary/aromatic N) is 3. The van der Waals surface area contributed by atoms with Gasteiger partial charge in [-0.25, -0.2) is 0 Å². The van der Waals surface area contributed by atoms with Crippen LogP contribution in [0.15, 0.2) is 58.0 Å². The summed E-state index contributed by atoms with van der Waals surface area (Å²) in [6.07, 6.45) is 3.58. The predicted octanol–water partition coefficient (Wildman–Crippen LogP) is 4.38. The summed E-state index contributed by atoms with van der Waals surface area (Å²) in [5.74, 6) is 0.135. The van der Waals surface area contributed by atoms with Crippen LogP contribution in [0.2, 0.25) is 0 Å². The summed E-state index contributed by atoms with van der Waals surface area (Å²) in [6, 6.07) is 14.0. The summed E-state index contributed by atoms with van der Waals surface area (Å²) in [6.45, 7) is 2.64. The van der Waals surface area contributed by atoms with Crippen LogP contribution in [0.4, 0.5) is 0 Å². The molecule has 0 N–H and O–H groups in total. The number of thiophene rings is 1. The highest BCUT2D eigenvalue weighted by molar-refractivity contribution is 8.15. The van der Waals surface area contributed by atoms with Gasteiger partial charge in [-0.3, -0.25) is 9.69 Å². The molecule has 24 heavy (non-hydrogen) atoms. The summed E-state index contributed by atoms with van der Waals surface area (Å²) < 4.78 is 0. The van der Waals surface area contributed by atoms with Crippen molar-refractivity contribution in [2.24, 2.45) is 10.2 Å². The maximum Gasteiger partial charge on any atom is 0.242 e. The molecule has 0 bridgehead atoms. The lowest BCUT2D eigenvalue weighted by molar-refractivity contribution is -0.126. The average Bonchev–Trinajstić information content (AvgIpc) is 3.21. The highest BCUT2D eigenvalue weighted by atomic mass is 32.2. The van der Waals surface area contributed by atoms with Crippen molar-refractivity contribution in [3.05, 3.63) is 58.3 Å². The number of amides is 1. The second-order valence-corrected chi connectivity index (χ2v) is 7.60. The molecule has 0 radical (unpaired) electrons. The van der Waals surface area contributed by atoms with Crippen LogP contribution >= 0.6 is 23.1 Å². The van der Waals surface area contributed by atoms with Crippen LogP contribution in [0.5, 0.6) is 0 Å². The van der Waals surface area contributed by atoms with Crippen molar-refractivity contribution >= 4 is 40.4 Å². The summed E-state index contributed by atoms with van der Waals surface area (Å²) in [5, 5.41) is 11.1. The first-order valence-corrected chi connectivity index (χ1v) is 9.70. The van der Waals surface area contributed by atoms with Gasteiger partial charge in [0.1, 0.15) is 0 Å². The van der Waals surface area contributed by atoms with Gasteiger partial charge in [-0.2, -0.15) is 5.10 Å². The molecule has 124 valence electrons. The van der Waals surface area contributed by atoms with Crippen LogP contribution in [-0.2, 0) is 11.3 Å². The molecular weight excluding hydrogens is 338 g/mol. The molecule has 0 aliphatic carbocycles. The predicted molar refractivity (Wildman–Crippen MR) is 103 cm³/mol. The van der Waals surface area contributed by atoms with Crippen LogP contribution in [-0.4, -0.2) is 27.4 Å². The monoisotopic (exact) mass is 357 g/mol. The average molecular weight is 358 g/mol. The molecular formula is C18H19N3OS2. The molecule has 0 saturated carbocycles. The third kappa shape index (κ3) is 4.13. The molecule has 1 atom stereocenters. The van der Waals surface area contributed by atoms with Crippen molar-refractivity contribution in [3.63, 3.8) is 0 Å². The molecule has 1 unspecified atom stereocenters. The third-order valence-corrected chi connectivity index (χ3v) is 5.67. The Hall–Kier alpha value is -1.92. The van der Waals surface area contributed by atoms with E-state index in [-0.39, 0.29) is 11.2 Å². The number of thioether (sulfide) groups is 1. The number of benzene rings is 1. The van der Waals surface area contributed by atoms with Gasteiger partial charge in [-0.15, -0.1) is 16.4 Å². The smallest absolute Gasteiger partial charge is 0.242 e. The second kappa shape index (κ2) is 8.26. The van der Waals surface area contributed by atoms with Gasteiger partial charge in [0.2, 0.25) is 5.91 Å². The van der Waals surface area contributed by atoms with Crippen LogP contribution < -0.4 is 0 Å². The molecule has 0 spiro atoms. The van der Waals surface area contributed by atoms with Gasteiger partial charge in [-0.05, 0) is 23.4 Å². The minimum atomic E-state index is -0.0469. The molecule has 1 aromatic carbocycles. The lowest BCUT2D eigenvalue weighted by Gasteiger charge is -2.15. The molecule has 1 aromatic heterocycles. The van der Waals surface area contributed by atoms with E-state index in [0.29, 0.717) is 11.7 Å². The van der Waals surface area contributed by atoms with E-state index in [4.69, 9.17) is 0 Å². The maximum absolute atomic E-state index is 12.7. The Morgan fingerprint density at radius 3 is 2.75 bits per heavy atom. The van der Waals surface area contributed by atoms with Crippen molar-refractivity contribution in [3.8, 4) is 0 Å². The van der Waals surface area contributed by atoms with Gasteiger partial charge < -0.3 is 0 Å². The van der Waals surface area contributed by atoms with E-state index in [1.165, 1.54) is 11.8 Å². The first kappa shape index (κ1) is 16.9. The summed E-state index contributed by atoms with van der Waals surface area (Å²) in [7, 11) is 0. The fraction of sp³-hybridized carbons (Fsp3) is 0.278. The molecule has 2 aromatic rings. The lowest BCUT2D eigenvalue weighted by atomic mass is 10.2. The zero-order valence-corrected chi connectivity index (χ0v) is 15.1. The highest BCUT2D eigenvalue weighted by Gasteiger charge is 2.37. The number of hydrogen-bond acceptors (Lipinski definition) is 5. The number of rotatable bonds is 6. The van der Waals surface area contributed by atoms with Gasteiger partial charge in [0.15, 0.2) is 5.17 Å². The third-order valence-electron chi connectivity index (χ3n) is 3.63. The van der Waals surface area contributed by atoms with Gasteiger partial charge in [0.05, 0.1) is 18.0 Å². The largest absolute Gasteiger partial charge is 0.284 e. The Balaban J connectivity index is 1.79. The van der Waals surface area contributed by atoms with E-state index in [1.807, 2.05) is 47.8 Å². The van der Waals surface area contributed by atoms with E-state index in [0.717, 1.165) is 23.3 Å². The fourth-order valence-corrected chi connectivity index (χ4v) is 4.23. The molecule has 2 heterocycles. The summed E-state index contributed by atoms with van der Waals surface area (Å²) in [5.41, 5.74) is 1.10. The number of amidine groups is 1. The van der Waals surface area contributed by atoms with Crippen LogP contribution in [0.3, 0.4) is 0 Å². The molecule has 3 rings (SSSR count). The summed E-state index contributed by atoms with van der Waals surface area (Å²) >= 11 is 3.14. The highest BCUT2D eigenvalue weighted by Crippen LogP contribution is 2.31. The Bertz CT molecular complexity index is 726. The molecule has 1 fully saturated rings. The fourth-order valence-electron chi connectivity index (χ4n) is 2.44. The topological polar surface area (TPSA) is 45.0 Å². The zero-order chi connectivity index (χ0) is 16.8. The number of carbonyl (C=O) groups excluding carboxylic acids is 1. The quantitative estimate of drug-likeness (QED) is 0.569. The molecule has 1 amide bonds. The molecule has 1 aliphatic heterocycles. The molecule has 4 nitrogen and oxygen atoms in total. The molecule has 6 heteroatoms. The van der Waals surface area contributed by atoms with Gasteiger partial charge >= 0.3 is 0 Å². The van der Waals surface area contributed by atoms with Crippen molar-refractivity contribution in [1.82, 2.24) is 4.90 Å².